The average Bonchev–Trinajstić information content (AvgIpc) is 2.65. The Morgan fingerprint density at radius 2 is 2.42 bits per heavy atom. The first kappa shape index (κ1) is 12.8. The molecule has 0 spiro atoms. The van der Waals surface area contributed by atoms with E-state index in [1.807, 2.05) is 17.7 Å². The Kier molecular flexibility index (Phi) is 3.38. The van der Waals surface area contributed by atoms with E-state index in [-0.39, 0.29) is 6.10 Å². The molecular formula is C13H18N4OS. The van der Waals surface area contributed by atoms with E-state index in [9.17, 15) is 0 Å². The molecule has 1 aliphatic heterocycles. The summed E-state index contributed by atoms with van der Waals surface area (Å²) >= 11 is 5.39. The molecule has 0 bridgehead atoms. The molecule has 6 heteroatoms. The minimum Gasteiger partial charge on any atom is -0.374 e. The van der Waals surface area contributed by atoms with Crippen LogP contribution in [0, 0.1) is 11.7 Å². The van der Waals surface area contributed by atoms with Gasteiger partial charge in [-0.1, -0.05) is 0 Å². The summed E-state index contributed by atoms with van der Waals surface area (Å²) in [7, 11) is 2.12. The molecule has 2 aromatic heterocycles. The Morgan fingerprint density at radius 3 is 3.21 bits per heavy atom. The first-order chi connectivity index (χ1) is 9.13. The molecule has 0 amide bonds. The Labute approximate surface area is 117 Å². The lowest BCUT2D eigenvalue weighted by atomic mass is 10.2. The fourth-order valence-corrected chi connectivity index (χ4v) is 2.77. The summed E-state index contributed by atoms with van der Waals surface area (Å²) in [6, 6.07) is 2.07. The summed E-state index contributed by atoms with van der Waals surface area (Å²) in [5.41, 5.74) is 3.03. The molecule has 1 atom stereocenters. The lowest BCUT2D eigenvalue weighted by Gasteiger charge is -2.30. The molecule has 3 rings (SSSR count). The van der Waals surface area contributed by atoms with E-state index < -0.39 is 0 Å². The monoisotopic (exact) mass is 278 g/mol. The number of aryl methyl sites for hydroxylation is 1. The molecule has 1 unspecified atom stereocenters. The van der Waals surface area contributed by atoms with Crippen molar-refractivity contribution in [2.45, 2.75) is 19.6 Å². The standard InChI is InChI=1S/C13H18N4OS/c1-9-5-11-12(14-6-9)17(13(19)15-11)8-10-7-16(2)3-4-18-10/h5-6,10H,3-4,7-8H2,1-2H3,(H,15,19). The highest BCUT2D eigenvalue weighted by Crippen LogP contribution is 2.15. The van der Waals surface area contributed by atoms with Gasteiger partial charge in [0.15, 0.2) is 10.4 Å². The second-order valence-electron chi connectivity index (χ2n) is 5.18. The van der Waals surface area contributed by atoms with Crippen molar-refractivity contribution in [3.63, 3.8) is 0 Å². The van der Waals surface area contributed by atoms with E-state index >= 15 is 0 Å². The maximum absolute atomic E-state index is 5.80. The zero-order valence-electron chi connectivity index (χ0n) is 11.2. The van der Waals surface area contributed by atoms with E-state index in [4.69, 9.17) is 17.0 Å². The van der Waals surface area contributed by atoms with Crippen molar-refractivity contribution in [2.24, 2.45) is 0 Å². The van der Waals surface area contributed by atoms with Crippen molar-refractivity contribution >= 4 is 23.4 Å². The van der Waals surface area contributed by atoms with Crippen LogP contribution in [0.15, 0.2) is 12.3 Å². The molecule has 0 radical (unpaired) electrons. The van der Waals surface area contributed by atoms with Crippen LogP contribution in [-0.2, 0) is 11.3 Å². The summed E-state index contributed by atoms with van der Waals surface area (Å²) < 4.78 is 8.55. The van der Waals surface area contributed by atoms with Crippen molar-refractivity contribution in [2.75, 3.05) is 26.7 Å². The number of rotatable bonds is 2. The van der Waals surface area contributed by atoms with Gasteiger partial charge in [0.1, 0.15) is 0 Å². The lowest BCUT2D eigenvalue weighted by Crippen LogP contribution is -2.42. The highest BCUT2D eigenvalue weighted by atomic mass is 32.1. The average molecular weight is 278 g/mol. The first-order valence-corrected chi connectivity index (χ1v) is 6.89. The van der Waals surface area contributed by atoms with Gasteiger partial charge in [-0.25, -0.2) is 4.98 Å². The Morgan fingerprint density at radius 1 is 1.58 bits per heavy atom. The highest BCUT2D eigenvalue weighted by Gasteiger charge is 2.19. The van der Waals surface area contributed by atoms with Crippen molar-refractivity contribution < 1.29 is 4.74 Å². The number of ether oxygens (including phenoxy) is 1. The van der Waals surface area contributed by atoms with Gasteiger partial charge in [-0.2, -0.15) is 0 Å². The summed E-state index contributed by atoms with van der Waals surface area (Å²) in [6.07, 6.45) is 2.04. The summed E-state index contributed by atoms with van der Waals surface area (Å²) in [6.45, 7) is 5.48. The number of pyridine rings is 1. The smallest absolute Gasteiger partial charge is 0.179 e. The fourth-order valence-electron chi connectivity index (χ4n) is 2.50. The molecule has 1 fully saturated rings. The number of imidazole rings is 1. The minimum atomic E-state index is 0.174. The molecule has 5 nitrogen and oxygen atoms in total. The number of aromatic amines is 1. The predicted molar refractivity (Wildman–Crippen MR) is 76.9 cm³/mol. The molecular weight excluding hydrogens is 260 g/mol. The number of aromatic nitrogens is 3. The summed E-state index contributed by atoms with van der Waals surface area (Å²) in [5.74, 6) is 0. The number of morpholine rings is 1. The third-order valence-corrected chi connectivity index (χ3v) is 3.80. The van der Waals surface area contributed by atoms with Crippen LogP contribution < -0.4 is 0 Å². The van der Waals surface area contributed by atoms with E-state index in [0.29, 0.717) is 4.77 Å². The first-order valence-electron chi connectivity index (χ1n) is 6.49. The second-order valence-corrected chi connectivity index (χ2v) is 5.57. The quantitative estimate of drug-likeness (QED) is 0.850. The van der Waals surface area contributed by atoms with E-state index in [1.165, 1.54) is 0 Å². The van der Waals surface area contributed by atoms with Crippen molar-refractivity contribution in [3.05, 3.63) is 22.6 Å². The van der Waals surface area contributed by atoms with Crippen LogP contribution in [0.5, 0.6) is 0 Å². The lowest BCUT2D eigenvalue weighted by molar-refractivity contribution is -0.0271. The van der Waals surface area contributed by atoms with Crippen molar-refractivity contribution in [1.82, 2.24) is 19.4 Å². The molecule has 1 N–H and O–H groups in total. The molecule has 1 saturated heterocycles. The molecule has 0 aromatic carbocycles. The molecule has 0 saturated carbocycles. The van der Waals surface area contributed by atoms with Crippen LogP contribution in [0.4, 0.5) is 0 Å². The van der Waals surface area contributed by atoms with Gasteiger partial charge in [0, 0.05) is 19.3 Å². The van der Waals surface area contributed by atoms with E-state index in [0.717, 1.165) is 43.0 Å². The van der Waals surface area contributed by atoms with Gasteiger partial charge in [-0.3, -0.25) is 4.57 Å². The van der Waals surface area contributed by atoms with Crippen LogP contribution in [0.3, 0.4) is 0 Å². The van der Waals surface area contributed by atoms with Crippen molar-refractivity contribution in [1.29, 1.82) is 0 Å². The van der Waals surface area contributed by atoms with Crippen LogP contribution >= 0.6 is 12.2 Å². The predicted octanol–water partition coefficient (Wildman–Crippen LogP) is 1.73. The maximum Gasteiger partial charge on any atom is 0.179 e. The number of likely N-dealkylation sites (N-methyl/N-ethyl adjacent to an activating group) is 1. The fraction of sp³-hybridized carbons (Fsp3) is 0.538. The van der Waals surface area contributed by atoms with Gasteiger partial charge in [-0.15, -0.1) is 0 Å². The van der Waals surface area contributed by atoms with Gasteiger partial charge in [0.05, 0.1) is 24.8 Å². The van der Waals surface area contributed by atoms with Crippen LogP contribution in [-0.4, -0.2) is 52.3 Å². The SMILES string of the molecule is Cc1cnc2c(c1)[nH]c(=S)n2CC1CN(C)CCO1. The third kappa shape index (κ3) is 2.56. The molecule has 3 heterocycles. The zero-order chi connectivity index (χ0) is 13.4. The molecule has 19 heavy (non-hydrogen) atoms. The number of hydrogen-bond donors (Lipinski definition) is 1. The Hall–Kier alpha value is -1.24. The Balaban J connectivity index is 1.92. The van der Waals surface area contributed by atoms with E-state index in [1.54, 1.807) is 0 Å². The second kappa shape index (κ2) is 5.03. The Bertz CT molecular complexity index is 648. The highest BCUT2D eigenvalue weighted by molar-refractivity contribution is 7.71. The maximum atomic E-state index is 5.80. The third-order valence-electron chi connectivity index (χ3n) is 3.47. The van der Waals surface area contributed by atoms with Crippen LogP contribution in [0.2, 0.25) is 0 Å². The summed E-state index contributed by atoms with van der Waals surface area (Å²) in [5, 5.41) is 0. The van der Waals surface area contributed by atoms with E-state index in [2.05, 4.69) is 28.0 Å². The molecule has 0 aliphatic carbocycles. The number of H-pyrrole nitrogens is 1. The molecule has 1 aliphatic rings. The van der Waals surface area contributed by atoms with Gasteiger partial charge >= 0.3 is 0 Å². The van der Waals surface area contributed by atoms with Gasteiger partial charge in [0.25, 0.3) is 0 Å². The summed E-state index contributed by atoms with van der Waals surface area (Å²) in [4.78, 5) is 9.98. The normalized spacial score (nSPS) is 21.1. The topological polar surface area (TPSA) is 46.1 Å². The van der Waals surface area contributed by atoms with Crippen LogP contribution in [0.1, 0.15) is 5.56 Å². The molecule has 2 aromatic rings. The number of fused-ring (bicyclic) bond motifs is 1. The van der Waals surface area contributed by atoms with Gasteiger partial charge in [-0.05, 0) is 37.8 Å². The largest absolute Gasteiger partial charge is 0.374 e. The van der Waals surface area contributed by atoms with Crippen LogP contribution in [0.25, 0.3) is 11.2 Å². The number of hydrogen-bond acceptors (Lipinski definition) is 4. The van der Waals surface area contributed by atoms with Crippen molar-refractivity contribution in [3.8, 4) is 0 Å². The number of nitrogens with zero attached hydrogens (tertiary/aromatic N) is 3. The van der Waals surface area contributed by atoms with Gasteiger partial charge < -0.3 is 14.6 Å². The zero-order valence-corrected chi connectivity index (χ0v) is 12.0. The molecule has 102 valence electrons. The number of nitrogens with one attached hydrogen (secondary N) is 1. The van der Waals surface area contributed by atoms with Gasteiger partial charge in [0.2, 0.25) is 0 Å². The minimum absolute atomic E-state index is 0.174.